The minimum absolute atomic E-state index is 0.0122. The van der Waals surface area contributed by atoms with Gasteiger partial charge in [-0.2, -0.15) is 0 Å². The van der Waals surface area contributed by atoms with Gasteiger partial charge in [-0.05, 0) is 45.2 Å². The van der Waals surface area contributed by atoms with Gasteiger partial charge in [0.15, 0.2) is 12.6 Å². The highest BCUT2D eigenvalue weighted by molar-refractivity contribution is 5.97. The number of ether oxygens (including phenoxy) is 6. The lowest BCUT2D eigenvalue weighted by Gasteiger charge is -2.21. The van der Waals surface area contributed by atoms with E-state index < -0.39 is 11.8 Å². The minimum atomic E-state index is -0.645. The molecule has 0 amide bonds. The third-order valence-corrected chi connectivity index (χ3v) is 5.80. The summed E-state index contributed by atoms with van der Waals surface area (Å²) in [5, 5.41) is 0. The van der Waals surface area contributed by atoms with Crippen LogP contribution in [0.3, 0.4) is 0 Å². The van der Waals surface area contributed by atoms with Gasteiger partial charge in [-0.15, -0.1) is 0 Å². The molecule has 2 aliphatic heterocycles. The Labute approximate surface area is 202 Å². The second kappa shape index (κ2) is 11.7. The van der Waals surface area contributed by atoms with E-state index in [4.69, 9.17) is 28.4 Å². The van der Waals surface area contributed by atoms with E-state index in [0.29, 0.717) is 35.7 Å². The van der Waals surface area contributed by atoms with E-state index in [0.717, 1.165) is 6.42 Å². The Kier molecular flexibility index (Phi) is 8.94. The van der Waals surface area contributed by atoms with Gasteiger partial charge < -0.3 is 28.4 Å². The van der Waals surface area contributed by atoms with Gasteiger partial charge in [0.05, 0.1) is 12.2 Å². The fourth-order valence-corrected chi connectivity index (χ4v) is 3.99. The number of benzene rings is 1. The first-order chi connectivity index (χ1) is 16.2. The SMILES string of the molecule is C=CCOc1cc2c(c(OCOC)c1)C(=O)O[C@@H](C)[C@H](C)/C=C\C[C@H]1OC(C)(C)O[C@H]1CC=C2. The Hall–Kier alpha value is -2.61. The van der Waals surface area contributed by atoms with Crippen molar-refractivity contribution in [3.05, 3.63) is 54.1 Å². The smallest absolute Gasteiger partial charge is 0.342 e. The average Bonchev–Trinajstić information content (AvgIpc) is 3.08. The van der Waals surface area contributed by atoms with Gasteiger partial charge in [-0.3, -0.25) is 0 Å². The molecule has 3 rings (SSSR count). The number of rotatable bonds is 6. The molecule has 0 bridgehead atoms. The van der Waals surface area contributed by atoms with Crippen molar-refractivity contribution in [3.63, 3.8) is 0 Å². The van der Waals surface area contributed by atoms with Crippen LogP contribution in [-0.2, 0) is 18.9 Å². The molecule has 1 aromatic rings. The third-order valence-electron chi connectivity index (χ3n) is 5.80. The molecule has 0 radical (unpaired) electrons. The standard InChI is InChI=1S/C27H36O7/c1-7-14-30-21-15-20-11-9-13-23-22(33-27(4,5)34-23)12-8-10-18(2)19(3)32-26(28)25(20)24(16-21)31-17-29-6/h7-11,15-16,18-19,22-23H,1,12-14,17H2,2-6H3/b10-8-,11-9?/t18-,19+,22-,23+/m1/s1. The molecule has 0 spiro atoms. The van der Waals surface area contributed by atoms with Crippen molar-refractivity contribution < 1.29 is 33.2 Å². The van der Waals surface area contributed by atoms with E-state index in [2.05, 4.69) is 18.7 Å². The van der Waals surface area contributed by atoms with Crippen LogP contribution >= 0.6 is 0 Å². The fraction of sp³-hybridized carbons (Fsp3) is 0.519. The van der Waals surface area contributed by atoms with Gasteiger partial charge in [-0.1, -0.05) is 43.9 Å². The molecule has 4 atom stereocenters. The van der Waals surface area contributed by atoms with Crippen LogP contribution in [0.1, 0.15) is 56.5 Å². The van der Waals surface area contributed by atoms with Crippen molar-refractivity contribution in [2.24, 2.45) is 5.92 Å². The van der Waals surface area contributed by atoms with Gasteiger partial charge in [0, 0.05) is 19.1 Å². The van der Waals surface area contributed by atoms with Crippen LogP contribution in [0.5, 0.6) is 11.5 Å². The van der Waals surface area contributed by atoms with Gasteiger partial charge in [0.1, 0.15) is 29.8 Å². The molecular formula is C27H36O7. The fourth-order valence-electron chi connectivity index (χ4n) is 3.99. The number of hydrogen-bond acceptors (Lipinski definition) is 7. The molecule has 1 aromatic carbocycles. The van der Waals surface area contributed by atoms with Crippen LogP contribution in [0.25, 0.3) is 6.08 Å². The first-order valence-electron chi connectivity index (χ1n) is 11.7. The lowest BCUT2D eigenvalue weighted by molar-refractivity contribution is -0.145. The monoisotopic (exact) mass is 472 g/mol. The minimum Gasteiger partial charge on any atom is -0.489 e. The van der Waals surface area contributed by atoms with Gasteiger partial charge in [0.2, 0.25) is 0 Å². The van der Waals surface area contributed by atoms with E-state index in [1.165, 1.54) is 7.11 Å². The van der Waals surface area contributed by atoms with Gasteiger partial charge in [-0.25, -0.2) is 4.79 Å². The predicted molar refractivity (Wildman–Crippen MR) is 130 cm³/mol. The van der Waals surface area contributed by atoms with Crippen molar-refractivity contribution >= 4 is 12.0 Å². The highest BCUT2D eigenvalue weighted by atomic mass is 16.7. The number of methoxy groups -OCH3 is 1. The third kappa shape index (κ3) is 6.72. The molecule has 34 heavy (non-hydrogen) atoms. The second-order valence-electron chi connectivity index (χ2n) is 9.02. The summed E-state index contributed by atoms with van der Waals surface area (Å²) < 4.78 is 34.7. The Balaban J connectivity index is 2.04. The van der Waals surface area contributed by atoms with Gasteiger partial charge in [0.25, 0.3) is 0 Å². The Morgan fingerprint density at radius 3 is 2.50 bits per heavy atom. The summed E-state index contributed by atoms with van der Waals surface area (Å²) in [4.78, 5) is 13.3. The van der Waals surface area contributed by atoms with Crippen molar-refractivity contribution in [2.45, 2.75) is 64.6 Å². The number of esters is 1. The lowest BCUT2D eigenvalue weighted by atomic mass is 10.00. The number of fused-ring (bicyclic) bond motifs is 2. The zero-order chi connectivity index (χ0) is 24.7. The molecule has 0 aliphatic carbocycles. The topological polar surface area (TPSA) is 72.5 Å². The maximum atomic E-state index is 13.3. The molecule has 186 valence electrons. The van der Waals surface area contributed by atoms with Crippen molar-refractivity contribution in [1.29, 1.82) is 0 Å². The summed E-state index contributed by atoms with van der Waals surface area (Å²) >= 11 is 0. The van der Waals surface area contributed by atoms with Crippen molar-refractivity contribution in [3.8, 4) is 11.5 Å². The number of cyclic esters (lactones) is 1. The second-order valence-corrected chi connectivity index (χ2v) is 9.02. The molecule has 1 saturated heterocycles. The van der Waals surface area contributed by atoms with Crippen LogP contribution in [-0.4, -0.2) is 50.6 Å². The van der Waals surface area contributed by atoms with Crippen LogP contribution < -0.4 is 9.47 Å². The summed E-state index contributed by atoms with van der Waals surface area (Å²) in [6.07, 6.45) is 10.5. The molecule has 0 N–H and O–H groups in total. The summed E-state index contributed by atoms with van der Waals surface area (Å²) in [6.45, 7) is 11.7. The van der Waals surface area contributed by atoms with Crippen LogP contribution in [0.2, 0.25) is 0 Å². The summed E-state index contributed by atoms with van der Waals surface area (Å²) in [6, 6.07) is 3.46. The molecular weight excluding hydrogens is 436 g/mol. The lowest BCUT2D eigenvalue weighted by Crippen LogP contribution is -2.23. The molecule has 1 fully saturated rings. The Morgan fingerprint density at radius 2 is 1.82 bits per heavy atom. The molecule has 2 heterocycles. The average molecular weight is 473 g/mol. The Morgan fingerprint density at radius 1 is 1.12 bits per heavy atom. The largest absolute Gasteiger partial charge is 0.489 e. The molecule has 0 aromatic heterocycles. The van der Waals surface area contributed by atoms with Crippen molar-refractivity contribution in [1.82, 2.24) is 0 Å². The number of carbonyl (C=O) groups is 1. The summed E-state index contributed by atoms with van der Waals surface area (Å²) in [7, 11) is 1.52. The van der Waals surface area contributed by atoms with E-state index in [1.807, 2.05) is 39.8 Å². The van der Waals surface area contributed by atoms with Crippen LogP contribution in [0.4, 0.5) is 0 Å². The molecule has 0 saturated carbocycles. The molecule has 7 heteroatoms. The van der Waals surface area contributed by atoms with E-state index >= 15 is 0 Å². The molecule has 2 aliphatic rings. The maximum Gasteiger partial charge on any atom is 0.342 e. The van der Waals surface area contributed by atoms with E-state index in [9.17, 15) is 4.79 Å². The Bertz CT molecular complexity index is 918. The van der Waals surface area contributed by atoms with E-state index in [-0.39, 0.29) is 31.0 Å². The maximum absolute atomic E-state index is 13.3. The first kappa shape index (κ1) is 26.0. The summed E-state index contributed by atoms with van der Waals surface area (Å²) in [5.74, 6) is -0.223. The van der Waals surface area contributed by atoms with E-state index in [1.54, 1.807) is 18.2 Å². The van der Waals surface area contributed by atoms with Crippen LogP contribution in [0, 0.1) is 5.92 Å². The van der Waals surface area contributed by atoms with Crippen molar-refractivity contribution in [2.75, 3.05) is 20.5 Å². The number of carbonyl (C=O) groups excluding carboxylic acids is 1. The number of hydrogen-bond donors (Lipinski definition) is 0. The predicted octanol–water partition coefficient (Wildman–Crippen LogP) is 5.30. The van der Waals surface area contributed by atoms with Crippen LogP contribution in [0.15, 0.2) is 43.0 Å². The molecule has 0 unspecified atom stereocenters. The zero-order valence-electron chi connectivity index (χ0n) is 20.7. The quantitative estimate of drug-likeness (QED) is 0.316. The van der Waals surface area contributed by atoms with Gasteiger partial charge >= 0.3 is 5.97 Å². The highest BCUT2D eigenvalue weighted by Crippen LogP contribution is 2.35. The first-order valence-corrected chi connectivity index (χ1v) is 11.7. The normalized spacial score (nSPS) is 27.6. The zero-order valence-corrected chi connectivity index (χ0v) is 20.7. The highest BCUT2D eigenvalue weighted by Gasteiger charge is 2.39. The summed E-state index contributed by atoms with van der Waals surface area (Å²) in [5.41, 5.74) is 0.944. The molecule has 7 nitrogen and oxygen atoms in total.